The first-order chi connectivity index (χ1) is 9.75. The van der Waals surface area contributed by atoms with Crippen molar-refractivity contribution in [1.82, 2.24) is 10.2 Å². The van der Waals surface area contributed by atoms with Crippen LogP contribution in [-0.2, 0) is 0 Å². The fourth-order valence-electron chi connectivity index (χ4n) is 2.98. The number of anilines is 1. The third kappa shape index (κ3) is 2.46. The average Bonchev–Trinajstić information content (AvgIpc) is 2.49. The van der Waals surface area contributed by atoms with Crippen LogP contribution in [0.25, 0.3) is 11.3 Å². The van der Waals surface area contributed by atoms with Gasteiger partial charge in [0.1, 0.15) is 11.6 Å². The highest BCUT2D eigenvalue weighted by Gasteiger charge is 2.20. The number of nitrogens with two attached hydrogens (primary N) is 1. The third-order valence-corrected chi connectivity index (χ3v) is 4.08. The molecule has 4 heteroatoms. The largest absolute Gasteiger partial charge is 0.507 e. The van der Waals surface area contributed by atoms with Gasteiger partial charge in [-0.3, -0.25) is 0 Å². The van der Waals surface area contributed by atoms with Crippen LogP contribution in [0.5, 0.6) is 5.75 Å². The Bertz CT molecular complexity index is 606. The molecule has 1 heterocycles. The number of phenolic OH excluding ortho intramolecular Hbond substituents is 1. The Morgan fingerprint density at radius 2 is 1.80 bits per heavy atom. The Morgan fingerprint density at radius 3 is 2.55 bits per heavy atom. The van der Waals surface area contributed by atoms with E-state index < -0.39 is 0 Å². The van der Waals surface area contributed by atoms with Crippen LogP contribution in [0.3, 0.4) is 0 Å². The Labute approximate surface area is 118 Å². The molecular formula is C16H19N3O. The smallest absolute Gasteiger partial charge is 0.149 e. The van der Waals surface area contributed by atoms with Crippen molar-refractivity contribution >= 4 is 5.82 Å². The Hall–Kier alpha value is -2.10. The number of hydrogen-bond donors (Lipinski definition) is 2. The summed E-state index contributed by atoms with van der Waals surface area (Å²) in [6.45, 7) is 0. The predicted octanol–water partition coefficient (Wildman–Crippen LogP) is 3.48. The number of para-hydroxylation sites is 1. The molecule has 0 unspecified atom stereocenters. The lowest BCUT2D eigenvalue weighted by Gasteiger charge is -2.23. The summed E-state index contributed by atoms with van der Waals surface area (Å²) in [4.78, 5) is 0. The zero-order chi connectivity index (χ0) is 13.9. The molecule has 0 saturated heterocycles. The summed E-state index contributed by atoms with van der Waals surface area (Å²) in [5.74, 6) is 1.22. The van der Waals surface area contributed by atoms with Crippen LogP contribution in [0.15, 0.2) is 30.3 Å². The van der Waals surface area contributed by atoms with Crippen molar-refractivity contribution in [2.75, 3.05) is 5.73 Å². The predicted molar refractivity (Wildman–Crippen MR) is 79.4 cm³/mol. The molecule has 1 aromatic carbocycles. The molecule has 20 heavy (non-hydrogen) atoms. The monoisotopic (exact) mass is 269 g/mol. The van der Waals surface area contributed by atoms with E-state index in [1.165, 1.54) is 19.3 Å². The maximum atomic E-state index is 9.94. The van der Waals surface area contributed by atoms with Gasteiger partial charge in [-0.05, 0) is 37.0 Å². The van der Waals surface area contributed by atoms with Crippen LogP contribution >= 0.6 is 0 Å². The number of aromatic hydroxyl groups is 1. The molecule has 1 aromatic heterocycles. The van der Waals surface area contributed by atoms with E-state index in [1.54, 1.807) is 12.1 Å². The molecule has 3 N–H and O–H groups in total. The van der Waals surface area contributed by atoms with Gasteiger partial charge >= 0.3 is 0 Å². The highest BCUT2D eigenvalue weighted by Crippen LogP contribution is 2.37. The van der Waals surface area contributed by atoms with Gasteiger partial charge in [-0.2, -0.15) is 0 Å². The molecule has 1 aliphatic rings. The maximum absolute atomic E-state index is 9.94. The van der Waals surface area contributed by atoms with Crippen molar-refractivity contribution in [3.05, 3.63) is 35.9 Å². The van der Waals surface area contributed by atoms with E-state index in [0.29, 0.717) is 23.0 Å². The number of aromatic nitrogens is 2. The summed E-state index contributed by atoms with van der Waals surface area (Å²) in [5.41, 5.74) is 8.48. The number of nitrogens with zero attached hydrogens (tertiary/aromatic N) is 2. The summed E-state index contributed by atoms with van der Waals surface area (Å²) >= 11 is 0. The molecular weight excluding hydrogens is 250 g/mol. The quantitative estimate of drug-likeness (QED) is 0.875. The molecule has 0 atom stereocenters. The second-order valence-corrected chi connectivity index (χ2v) is 5.42. The van der Waals surface area contributed by atoms with Crippen LogP contribution in [0, 0.1) is 0 Å². The molecule has 104 valence electrons. The van der Waals surface area contributed by atoms with Crippen LogP contribution in [0.2, 0.25) is 0 Å². The minimum atomic E-state index is 0.223. The zero-order valence-electron chi connectivity index (χ0n) is 11.4. The SMILES string of the molecule is Nc1nnc(-c2ccccc2O)cc1C1CCCCC1. The first kappa shape index (κ1) is 12.9. The fourth-order valence-corrected chi connectivity index (χ4v) is 2.98. The van der Waals surface area contributed by atoms with E-state index in [9.17, 15) is 5.11 Å². The van der Waals surface area contributed by atoms with E-state index in [2.05, 4.69) is 10.2 Å². The summed E-state index contributed by atoms with van der Waals surface area (Å²) in [6.07, 6.45) is 6.13. The van der Waals surface area contributed by atoms with Crippen molar-refractivity contribution in [2.24, 2.45) is 0 Å². The summed E-state index contributed by atoms with van der Waals surface area (Å²) in [6, 6.07) is 9.18. The molecule has 0 radical (unpaired) electrons. The van der Waals surface area contributed by atoms with Gasteiger partial charge in [0.2, 0.25) is 0 Å². The summed E-state index contributed by atoms with van der Waals surface area (Å²) in [7, 11) is 0. The maximum Gasteiger partial charge on any atom is 0.149 e. The molecule has 0 spiro atoms. The molecule has 0 amide bonds. The molecule has 0 bridgehead atoms. The highest BCUT2D eigenvalue weighted by molar-refractivity contribution is 5.67. The van der Waals surface area contributed by atoms with Crippen molar-refractivity contribution in [3.63, 3.8) is 0 Å². The lowest BCUT2D eigenvalue weighted by Crippen LogP contribution is -2.10. The van der Waals surface area contributed by atoms with E-state index in [-0.39, 0.29) is 5.75 Å². The van der Waals surface area contributed by atoms with Crippen LogP contribution < -0.4 is 5.73 Å². The second kappa shape index (κ2) is 5.49. The van der Waals surface area contributed by atoms with Crippen LogP contribution in [0.1, 0.15) is 43.6 Å². The minimum Gasteiger partial charge on any atom is -0.507 e. The molecule has 1 aliphatic carbocycles. The molecule has 2 aromatic rings. The van der Waals surface area contributed by atoms with E-state index >= 15 is 0 Å². The second-order valence-electron chi connectivity index (χ2n) is 5.42. The fraction of sp³-hybridized carbons (Fsp3) is 0.375. The number of rotatable bonds is 2. The van der Waals surface area contributed by atoms with Gasteiger partial charge in [0.25, 0.3) is 0 Å². The Morgan fingerprint density at radius 1 is 1.05 bits per heavy atom. The number of hydrogen-bond acceptors (Lipinski definition) is 4. The Balaban J connectivity index is 2.00. The zero-order valence-corrected chi connectivity index (χ0v) is 11.4. The molecule has 1 fully saturated rings. The van der Waals surface area contributed by atoms with Crippen LogP contribution in [0.4, 0.5) is 5.82 Å². The normalized spacial score (nSPS) is 16.2. The van der Waals surface area contributed by atoms with Gasteiger partial charge in [0, 0.05) is 11.1 Å². The minimum absolute atomic E-state index is 0.223. The van der Waals surface area contributed by atoms with Gasteiger partial charge in [-0.15, -0.1) is 10.2 Å². The van der Waals surface area contributed by atoms with E-state index in [4.69, 9.17) is 5.73 Å². The molecule has 3 rings (SSSR count). The molecule has 1 saturated carbocycles. The van der Waals surface area contributed by atoms with Gasteiger partial charge in [0.15, 0.2) is 0 Å². The van der Waals surface area contributed by atoms with Gasteiger partial charge < -0.3 is 10.8 Å². The number of benzene rings is 1. The number of nitrogen functional groups attached to an aromatic ring is 1. The lowest BCUT2D eigenvalue weighted by molar-refractivity contribution is 0.443. The molecule has 0 aliphatic heterocycles. The topological polar surface area (TPSA) is 72.0 Å². The van der Waals surface area contributed by atoms with Crippen molar-refractivity contribution < 1.29 is 5.11 Å². The van der Waals surface area contributed by atoms with E-state index in [0.717, 1.165) is 18.4 Å². The Kier molecular flexibility index (Phi) is 3.54. The average molecular weight is 269 g/mol. The van der Waals surface area contributed by atoms with E-state index in [1.807, 2.05) is 18.2 Å². The summed E-state index contributed by atoms with van der Waals surface area (Å²) in [5, 5.41) is 18.2. The van der Waals surface area contributed by atoms with Gasteiger partial charge in [-0.25, -0.2) is 0 Å². The lowest BCUT2D eigenvalue weighted by atomic mass is 9.84. The van der Waals surface area contributed by atoms with Crippen LogP contribution in [-0.4, -0.2) is 15.3 Å². The molecule has 4 nitrogen and oxygen atoms in total. The third-order valence-electron chi connectivity index (χ3n) is 4.08. The number of phenols is 1. The standard InChI is InChI=1S/C16H19N3O/c17-16-13(11-6-2-1-3-7-11)10-14(18-19-16)12-8-4-5-9-15(12)20/h4-5,8-11,20H,1-3,6-7H2,(H2,17,19). The first-order valence-corrected chi connectivity index (χ1v) is 7.17. The van der Waals surface area contributed by atoms with Crippen molar-refractivity contribution in [1.29, 1.82) is 0 Å². The van der Waals surface area contributed by atoms with Gasteiger partial charge in [-0.1, -0.05) is 31.4 Å². The van der Waals surface area contributed by atoms with Crippen molar-refractivity contribution in [3.8, 4) is 17.0 Å². The van der Waals surface area contributed by atoms with Gasteiger partial charge in [0.05, 0.1) is 5.69 Å². The highest BCUT2D eigenvalue weighted by atomic mass is 16.3. The van der Waals surface area contributed by atoms with Crippen molar-refractivity contribution in [2.45, 2.75) is 38.0 Å². The summed E-state index contributed by atoms with van der Waals surface area (Å²) < 4.78 is 0. The first-order valence-electron chi connectivity index (χ1n) is 7.17.